The van der Waals surface area contributed by atoms with Crippen molar-refractivity contribution < 1.29 is 15.0 Å². The molecule has 4 nitrogen and oxygen atoms in total. The highest BCUT2D eigenvalue weighted by Gasteiger charge is 2.08. The zero-order valence-electron chi connectivity index (χ0n) is 8.32. The number of carboxylic acids is 1. The lowest BCUT2D eigenvalue weighted by Crippen LogP contribution is -2.10. The summed E-state index contributed by atoms with van der Waals surface area (Å²) in [6.07, 6.45) is 1.98. The molecule has 0 amide bonds. The summed E-state index contributed by atoms with van der Waals surface area (Å²) in [5, 5.41) is 17.7. The van der Waals surface area contributed by atoms with Crippen molar-refractivity contribution in [2.75, 3.05) is 14.1 Å². The molecule has 0 aliphatic carbocycles. The fourth-order valence-corrected chi connectivity index (χ4v) is 0.903. The smallest absolute Gasteiger partial charge is 0.333 e. The first-order valence-electron chi connectivity index (χ1n) is 4.22. The first-order chi connectivity index (χ1) is 5.93. The van der Waals surface area contributed by atoms with Crippen molar-refractivity contribution in [1.82, 2.24) is 4.90 Å². The fraction of sp³-hybridized carbons (Fsp3) is 0.667. The minimum Gasteiger partial charge on any atom is -0.478 e. The molecular formula is C9H17NO3. The largest absolute Gasteiger partial charge is 0.478 e. The minimum absolute atomic E-state index is 0.325. The molecule has 0 heterocycles. The number of hydrogen-bond donors (Lipinski definition) is 2. The van der Waals surface area contributed by atoms with Crippen LogP contribution in [0.1, 0.15) is 19.8 Å². The Labute approximate surface area is 78.5 Å². The van der Waals surface area contributed by atoms with Crippen LogP contribution in [-0.2, 0) is 4.79 Å². The molecule has 0 rings (SSSR count). The number of nitrogens with zero attached hydrogens (tertiary/aromatic N) is 1. The van der Waals surface area contributed by atoms with Crippen LogP contribution in [0.2, 0.25) is 0 Å². The number of hydrogen-bond acceptors (Lipinski definition) is 3. The minimum atomic E-state index is -0.922. The lowest BCUT2D eigenvalue weighted by molar-refractivity contribution is -0.132. The Balaban J connectivity index is 4.19. The van der Waals surface area contributed by atoms with E-state index in [0.717, 1.165) is 0 Å². The zero-order valence-corrected chi connectivity index (χ0v) is 8.32. The maximum atomic E-state index is 10.7. The molecule has 0 aromatic carbocycles. The lowest BCUT2D eigenvalue weighted by Gasteiger charge is -2.09. The Morgan fingerprint density at radius 2 is 2.08 bits per heavy atom. The van der Waals surface area contributed by atoms with Crippen LogP contribution in [0.25, 0.3) is 0 Å². The van der Waals surface area contributed by atoms with Crippen LogP contribution >= 0.6 is 0 Å². The van der Waals surface area contributed by atoms with Gasteiger partial charge in [-0.3, -0.25) is 0 Å². The summed E-state index contributed by atoms with van der Waals surface area (Å²) in [4.78, 5) is 12.4. The Hall–Kier alpha value is -1.03. The number of rotatable bonds is 5. The highest BCUT2D eigenvalue weighted by Crippen LogP contribution is 2.08. The van der Waals surface area contributed by atoms with Crippen LogP contribution in [0.5, 0.6) is 0 Å². The van der Waals surface area contributed by atoms with E-state index in [1.807, 2.05) is 0 Å². The molecule has 0 aromatic heterocycles. The molecule has 1 atom stereocenters. The van der Waals surface area contributed by atoms with E-state index in [0.29, 0.717) is 18.4 Å². The summed E-state index contributed by atoms with van der Waals surface area (Å²) in [7, 11) is 3.54. The molecule has 4 heteroatoms. The molecule has 0 bridgehead atoms. The van der Waals surface area contributed by atoms with Crippen molar-refractivity contribution in [3.8, 4) is 0 Å². The zero-order chi connectivity index (χ0) is 10.4. The Morgan fingerprint density at radius 3 is 2.38 bits per heavy atom. The van der Waals surface area contributed by atoms with E-state index in [9.17, 15) is 4.79 Å². The van der Waals surface area contributed by atoms with E-state index in [4.69, 9.17) is 10.2 Å². The third-order valence-corrected chi connectivity index (χ3v) is 1.52. The van der Waals surface area contributed by atoms with Crippen molar-refractivity contribution in [3.63, 3.8) is 0 Å². The van der Waals surface area contributed by atoms with Crippen LogP contribution in [0.4, 0.5) is 0 Å². The Morgan fingerprint density at radius 1 is 1.54 bits per heavy atom. The monoisotopic (exact) mass is 187 g/mol. The fourth-order valence-electron chi connectivity index (χ4n) is 0.903. The quantitative estimate of drug-likeness (QED) is 0.621. The SMILES string of the molecule is CC(O)CCC(=CN(C)C)C(=O)O. The molecule has 0 spiro atoms. The second kappa shape index (κ2) is 5.59. The summed E-state index contributed by atoms with van der Waals surface area (Å²) in [5.74, 6) is -0.922. The van der Waals surface area contributed by atoms with E-state index in [-0.39, 0.29) is 0 Å². The molecule has 0 saturated carbocycles. The van der Waals surface area contributed by atoms with Crippen LogP contribution in [0, 0.1) is 0 Å². The highest BCUT2D eigenvalue weighted by atomic mass is 16.4. The average molecular weight is 187 g/mol. The van der Waals surface area contributed by atoms with Gasteiger partial charge in [0.05, 0.1) is 11.7 Å². The molecule has 0 radical (unpaired) electrons. The molecule has 76 valence electrons. The Kier molecular flexibility index (Phi) is 5.14. The van der Waals surface area contributed by atoms with Gasteiger partial charge < -0.3 is 15.1 Å². The highest BCUT2D eigenvalue weighted by molar-refractivity contribution is 5.86. The molecule has 0 aliphatic rings. The second-order valence-electron chi connectivity index (χ2n) is 3.31. The lowest BCUT2D eigenvalue weighted by atomic mass is 10.1. The van der Waals surface area contributed by atoms with Gasteiger partial charge in [0.15, 0.2) is 0 Å². The van der Waals surface area contributed by atoms with Gasteiger partial charge in [-0.05, 0) is 19.8 Å². The molecular weight excluding hydrogens is 170 g/mol. The van der Waals surface area contributed by atoms with Gasteiger partial charge in [0.2, 0.25) is 0 Å². The van der Waals surface area contributed by atoms with Gasteiger partial charge in [0.25, 0.3) is 0 Å². The van der Waals surface area contributed by atoms with Crippen LogP contribution in [-0.4, -0.2) is 41.3 Å². The number of aliphatic hydroxyl groups is 1. The van der Waals surface area contributed by atoms with Gasteiger partial charge in [-0.1, -0.05) is 0 Å². The number of aliphatic hydroxyl groups excluding tert-OH is 1. The predicted molar refractivity (Wildman–Crippen MR) is 50.3 cm³/mol. The summed E-state index contributed by atoms with van der Waals surface area (Å²) in [6.45, 7) is 1.65. The van der Waals surface area contributed by atoms with Gasteiger partial charge in [0, 0.05) is 20.3 Å². The maximum absolute atomic E-state index is 10.7. The van der Waals surface area contributed by atoms with Gasteiger partial charge in [-0.15, -0.1) is 0 Å². The van der Waals surface area contributed by atoms with Crippen molar-refractivity contribution in [2.45, 2.75) is 25.9 Å². The summed E-state index contributed by atoms with van der Waals surface area (Å²) >= 11 is 0. The van der Waals surface area contributed by atoms with Crippen LogP contribution < -0.4 is 0 Å². The van der Waals surface area contributed by atoms with E-state index < -0.39 is 12.1 Å². The molecule has 2 N–H and O–H groups in total. The number of carbonyl (C=O) groups is 1. The predicted octanol–water partition coefficient (Wildman–Crippen LogP) is 0.677. The van der Waals surface area contributed by atoms with Gasteiger partial charge in [0.1, 0.15) is 0 Å². The van der Waals surface area contributed by atoms with Crippen molar-refractivity contribution in [1.29, 1.82) is 0 Å². The third kappa shape index (κ3) is 6.16. The average Bonchev–Trinajstić information content (AvgIpc) is 1.96. The summed E-state index contributed by atoms with van der Waals surface area (Å²) in [6, 6.07) is 0. The molecule has 0 fully saturated rings. The maximum Gasteiger partial charge on any atom is 0.333 e. The summed E-state index contributed by atoms with van der Waals surface area (Å²) in [5.41, 5.74) is 0.325. The van der Waals surface area contributed by atoms with Crippen molar-refractivity contribution in [2.24, 2.45) is 0 Å². The first-order valence-corrected chi connectivity index (χ1v) is 4.22. The van der Waals surface area contributed by atoms with E-state index in [2.05, 4.69) is 0 Å². The topological polar surface area (TPSA) is 60.8 Å². The molecule has 0 saturated heterocycles. The van der Waals surface area contributed by atoms with Gasteiger partial charge in [-0.25, -0.2) is 4.79 Å². The molecule has 0 aliphatic heterocycles. The molecule has 1 unspecified atom stereocenters. The van der Waals surface area contributed by atoms with Gasteiger partial charge >= 0.3 is 5.97 Å². The standard InChI is InChI=1S/C9H17NO3/c1-7(11)4-5-8(9(12)13)6-10(2)3/h6-7,11H,4-5H2,1-3H3,(H,12,13). The van der Waals surface area contributed by atoms with Gasteiger partial charge in [-0.2, -0.15) is 0 Å². The summed E-state index contributed by atoms with van der Waals surface area (Å²) < 4.78 is 0. The van der Waals surface area contributed by atoms with Crippen LogP contribution in [0.3, 0.4) is 0 Å². The molecule has 13 heavy (non-hydrogen) atoms. The number of aliphatic carboxylic acids is 1. The Bertz CT molecular complexity index is 197. The normalized spacial score (nSPS) is 14.0. The third-order valence-electron chi connectivity index (χ3n) is 1.52. The van der Waals surface area contributed by atoms with Crippen molar-refractivity contribution >= 4 is 5.97 Å². The van der Waals surface area contributed by atoms with E-state index >= 15 is 0 Å². The number of carboxylic acid groups (broad SMARTS) is 1. The first kappa shape index (κ1) is 12.0. The second-order valence-corrected chi connectivity index (χ2v) is 3.31. The molecule has 0 aromatic rings. The van der Waals surface area contributed by atoms with E-state index in [1.54, 1.807) is 32.1 Å². The van der Waals surface area contributed by atoms with E-state index in [1.165, 1.54) is 0 Å². The van der Waals surface area contributed by atoms with Crippen LogP contribution in [0.15, 0.2) is 11.8 Å². The van der Waals surface area contributed by atoms with Crippen molar-refractivity contribution in [3.05, 3.63) is 11.8 Å².